The highest BCUT2D eigenvalue weighted by molar-refractivity contribution is 9.10. The second-order valence-electron chi connectivity index (χ2n) is 4.01. The third-order valence-electron chi connectivity index (χ3n) is 1.36. The number of rotatable bonds is 1. The summed E-state index contributed by atoms with van der Waals surface area (Å²) < 4.78 is 6.69. The largest absolute Gasteiger partial charge is 0.488 e. The molecule has 0 aliphatic heterocycles. The first-order valence-electron chi connectivity index (χ1n) is 4.18. The van der Waals surface area contributed by atoms with Crippen LogP contribution in [-0.2, 0) is 0 Å². The molecule has 0 N–H and O–H groups in total. The molecule has 0 amide bonds. The van der Waals surface area contributed by atoms with Crippen LogP contribution < -0.4 is 4.74 Å². The summed E-state index contributed by atoms with van der Waals surface area (Å²) in [4.78, 5) is 0. The zero-order chi connectivity index (χ0) is 10.1. The fourth-order valence-electron chi connectivity index (χ4n) is 1.03. The molecule has 1 radical (unpaired) electrons. The molecule has 0 bridgehead atoms. The molecule has 0 aliphatic carbocycles. The molecule has 0 aromatic heterocycles. The third kappa shape index (κ3) is 3.81. The predicted molar refractivity (Wildman–Crippen MR) is 59.0 cm³/mol. The van der Waals surface area contributed by atoms with Crippen LogP contribution in [0, 0.1) is 6.92 Å². The van der Waals surface area contributed by atoms with Gasteiger partial charge in [-0.2, -0.15) is 0 Å². The minimum absolute atomic E-state index is 0.159. The second kappa shape index (κ2) is 3.70. The van der Waals surface area contributed by atoms with Gasteiger partial charge in [0.15, 0.2) is 0 Å². The van der Waals surface area contributed by atoms with E-state index in [0.717, 1.165) is 15.8 Å². The molecule has 13 heavy (non-hydrogen) atoms. The van der Waals surface area contributed by atoms with Gasteiger partial charge in [0.1, 0.15) is 11.4 Å². The van der Waals surface area contributed by atoms with E-state index in [0.29, 0.717) is 0 Å². The summed E-state index contributed by atoms with van der Waals surface area (Å²) in [6.45, 7) is 9.94. The van der Waals surface area contributed by atoms with Crippen molar-refractivity contribution < 1.29 is 4.74 Å². The standard InChI is InChI=1S/C11H14BrO/c1-8-5-9(12)7-10(6-8)13-11(2,3)4/h5-7H,1H2,2-4H3. The van der Waals surface area contributed by atoms with Crippen molar-refractivity contribution >= 4 is 15.9 Å². The van der Waals surface area contributed by atoms with Gasteiger partial charge in [-0.3, -0.25) is 0 Å². The lowest BCUT2D eigenvalue weighted by atomic mass is 10.2. The van der Waals surface area contributed by atoms with Crippen molar-refractivity contribution in [3.05, 3.63) is 35.2 Å². The van der Waals surface area contributed by atoms with Gasteiger partial charge in [-0.15, -0.1) is 0 Å². The minimum atomic E-state index is -0.159. The quantitative estimate of drug-likeness (QED) is 0.727. The monoisotopic (exact) mass is 241 g/mol. The molecule has 0 saturated carbocycles. The number of benzene rings is 1. The van der Waals surface area contributed by atoms with Gasteiger partial charge in [-0.1, -0.05) is 15.9 Å². The fraction of sp³-hybridized carbons (Fsp3) is 0.364. The smallest absolute Gasteiger partial charge is 0.121 e. The Kier molecular flexibility index (Phi) is 3.01. The Balaban J connectivity index is 2.90. The molecule has 0 fully saturated rings. The lowest BCUT2D eigenvalue weighted by Gasteiger charge is -2.21. The average molecular weight is 242 g/mol. The lowest BCUT2D eigenvalue weighted by molar-refractivity contribution is 0.131. The fourth-order valence-corrected chi connectivity index (χ4v) is 1.55. The van der Waals surface area contributed by atoms with Crippen LogP contribution in [0.2, 0.25) is 0 Å². The van der Waals surface area contributed by atoms with Gasteiger partial charge in [0, 0.05) is 4.47 Å². The van der Waals surface area contributed by atoms with Crippen molar-refractivity contribution in [3.63, 3.8) is 0 Å². The van der Waals surface area contributed by atoms with E-state index in [1.54, 1.807) is 0 Å². The molecule has 71 valence electrons. The Morgan fingerprint density at radius 1 is 1.23 bits per heavy atom. The van der Waals surface area contributed by atoms with Crippen LogP contribution in [0.25, 0.3) is 0 Å². The lowest BCUT2D eigenvalue weighted by Crippen LogP contribution is -2.22. The molecule has 1 nitrogen and oxygen atoms in total. The molecule has 1 aromatic carbocycles. The van der Waals surface area contributed by atoms with Gasteiger partial charge >= 0.3 is 0 Å². The molecule has 0 heterocycles. The van der Waals surface area contributed by atoms with Gasteiger partial charge < -0.3 is 4.74 Å². The summed E-state index contributed by atoms with van der Waals surface area (Å²) in [5.74, 6) is 0.854. The first-order valence-corrected chi connectivity index (χ1v) is 4.98. The van der Waals surface area contributed by atoms with E-state index in [1.807, 2.05) is 39.0 Å². The van der Waals surface area contributed by atoms with Crippen LogP contribution in [-0.4, -0.2) is 5.60 Å². The molecular formula is C11H14BrO. The Morgan fingerprint density at radius 3 is 2.31 bits per heavy atom. The van der Waals surface area contributed by atoms with Crippen molar-refractivity contribution in [3.8, 4) is 5.75 Å². The van der Waals surface area contributed by atoms with E-state index in [2.05, 4.69) is 22.9 Å². The van der Waals surface area contributed by atoms with Gasteiger partial charge in [0.25, 0.3) is 0 Å². The zero-order valence-corrected chi connectivity index (χ0v) is 9.81. The molecule has 0 aliphatic rings. The van der Waals surface area contributed by atoms with E-state index < -0.39 is 0 Å². The number of halogens is 1. The van der Waals surface area contributed by atoms with Crippen molar-refractivity contribution in [1.82, 2.24) is 0 Å². The van der Waals surface area contributed by atoms with Crippen molar-refractivity contribution in [2.24, 2.45) is 0 Å². The first-order chi connectivity index (χ1) is 5.87. The predicted octanol–water partition coefficient (Wildman–Crippen LogP) is 3.81. The Morgan fingerprint density at radius 2 is 1.85 bits per heavy atom. The average Bonchev–Trinajstić information content (AvgIpc) is 1.78. The second-order valence-corrected chi connectivity index (χ2v) is 4.93. The maximum atomic E-state index is 5.69. The zero-order valence-electron chi connectivity index (χ0n) is 8.23. The number of hydrogen-bond acceptors (Lipinski definition) is 1. The van der Waals surface area contributed by atoms with Gasteiger partial charge in [-0.25, -0.2) is 0 Å². The molecule has 0 spiro atoms. The van der Waals surface area contributed by atoms with E-state index >= 15 is 0 Å². The van der Waals surface area contributed by atoms with Gasteiger partial charge in [0.2, 0.25) is 0 Å². The van der Waals surface area contributed by atoms with Crippen LogP contribution in [0.15, 0.2) is 22.7 Å². The Labute approximate surface area is 88.2 Å². The normalized spacial score (nSPS) is 11.5. The van der Waals surface area contributed by atoms with Crippen molar-refractivity contribution in [2.75, 3.05) is 0 Å². The van der Waals surface area contributed by atoms with E-state index in [-0.39, 0.29) is 5.60 Å². The summed E-state index contributed by atoms with van der Waals surface area (Å²) in [6, 6.07) is 5.82. The highest BCUT2D eigenvalue weighted by Crippen LogP contribution is 2.24. The maximum absolute atomic E-state index is 5.69. The van der Waals surface area contributed by atoms with E-state index in [1.165, 1.54) is 0 Å². The van der Waals surface area contributed by atoms with Crippen LogP contribution in [0.4, 0.5) is 0 Å². The van der Waals surface area contributed by atoms with E-state index in [9.17, 15) is 0 Å². The molecule has 1 aromatic rings. The maximum Gasteiger partial charge on any atom is 0.121 e. The molecule has 1 rings (SSSR count). The number of hydrogen-bond donors (Lipinski definition) is 0. The minimum Gasteiger partial charge on any atom is -0.488 e. The topological polar surface area (TPSA) is 9.23 Å². The van der Waals surface area contributed by atoms with Crippen molar-refractivity contribution in [2.45, 2.75) is 26.4 Å². The molecule has 0 unspecified atom stereocenters. The Bertz CT molecular complexity index is 279. The third-order valence-corrected chi connectivity index (χ3v) is 1.81. The van der Waals surface area contributed by atoms with Crippen LogP contribution in [0.3, 0.4) is 0 Å². The highest BCUT2D eigenvalue weighted by Gasteiger charge is 2.11. The van der Waals surface area contributed by atoms with Crippen LogP contribution in [0.1, 0.15) is 26.3 Å². The summed E-state index contributed by atoms with van der Waals surface area (Å²) in [5, 5.41) is 0. The summed E-state index contributed by atoms with van der Waals surface area (Å²) in [6.07, 6.45) is 0. The molecule has 0 atom stereocenters. The molecular weight excluding hydrogens is 228 g/mol. The first kappa shape index (κ1) is 10.6. The SMILES string of the molecule is [CH2]c1cc(Br)cc(OC(C)(C)C)c1. The van der Waals surface area contributed by atoms with Crippen LogP contribution in [0.5, 0.6) is 5.75 Å². The van der Waals surface area contributed by atoms with Gasteiger partial charge in [-0.05, 0) is 51.5 Å². The Hall–Kier alpha value is -0.500. The summed E-state index contributed by atoms with van der Waals surface area (Å²) in [5.41, 5.74) is 0.793. The summed E-state index contributed by atoms with van der Waals surface area (Å²) in [7, 11) is 0. The molecule has 2 heteroatoms. The van der Waals surface area contributed by atoms with Crippen LogP contribution >= 0.6 is 15.9 Å². The van der Waals surface area contributed by atoms with Gasteiger partial charge in [0.05, 0.1) is 0 Å². The van der Waals surface area contributed by atoms with E-state index in [4.69, 9.17) is 4.74 Å². The number of ether oxygens (including phenoxy) is 1. The summed E-state index contributed by atoms with van der Waals surface area (Å²) >= 11 is 3.40. The molecule has 0 saturated heterocycles. The highest BCUT2D eigenvalue weighted by atomic mass is 79.9. The van der Waals surface area contributed by atoms with Crippen molar-refractivity contribution in [1.29, 1.82) is 0 Å².